The fourth-order valence-electron chi connectivity index (χ4n) is 5.20. The minimum Gasteiger partial charge on any atom is -0.366 e. The van der Waals surface area contributed by atoms with Crippen molar-refractivity contribution in [1.29, 1.82) is 0 Å². The molecule has 2 amide bonds. The van der Waals surface area contributed by atoms with Crippen LogP contribution in [0.15, 0.2) is 12.1 Å². The number of piperazine rings is 1. The smallest absolute Gasteiger partial charge is 0.243 e. The Balaban J connectivity index is 1.56. The molecule has 4 fully saturated rings. The van der Waals surface area contributed by atoms with Crippen molar-refractivity contribution in [2.75, 3.05) is 18.0 Å². The van der Waals surface area contributed by atoms with E-state index >= 15 is 4.39 Å². The van der Waals surface area contributed by atoms with Crippen molar-refractivity contribution in [3.63, 3.8) is 0 Å². The van der Waals surface area contributed by atoms with Crippen molar-refractivity contribution >= 4 is 29.6 Å². The molecule has 9 heteroatoms. The van der Waals surface area contributed by atoms with Gasteiger partial charge in [0.25, 0.3) is 0 Å². The van der Waals surface area contributed by atoms with Crippen molar-refractivity contribution in [2.24, 2.45) is 0 Å². The molecule has 8 nitrogen and oxygen atoms in total. The summed E-state index contributed by atoms with van der Waals surface area (Å²) in [5, 5.41) is 5.70. The van der Waals surface area contributed by atoms with Crippen LogP contribution >= 0.6 is 0 Å². The first-order chi connectivity index (χ1) is 14.0. The number of carbonyl (C=O) groups excluding carboxylic acids is 4. The fourth-order valence-corrected chi connectivity index (χ4v) is 5.20. The normalized spacial score (nSPS) is 31.1. The number of piperidine rings is 2. The van der Waals surface area contributed by atoms with Gasteiger partial charge in [-0.3, -0.25) is 29.4 Å². The SMILES string of the molecule is O=CC(=O)C1c2c(ccc(F)c2N2CC3CC(C2)N3)CN1C1CCC(=O)NC1=O. The second-order valence-electron chi connectivity index (χ2n) is 8.23. The van der Waals surface area contributed by atoms with Crippen LogP contribution in [0.1, 0.15) is 36.4 Å². The van der Waals surface area contributed by atoms with Gasteiger partial charge in [-0.05, 0) is 24.5 Å². The van der Waals surface area contributed by atoms with Crippen LogP contribution in [-0.4, -0.2) is 60.0 Å². The van der Waals surface area contributed by atoms with E-state index in [1.807, 2.05) is 4.90 Å². The quantitative estimate of drug-likeness (QED) is 0.411. The molecule has 0 spiro atoms. The van der Waals surface area contributed by atoms with Gasteiger partial charge < -0.3 is 10.2 Å². The molecule has 1 aromatic rings. The summed E-state index contributed by atoms with van der Waals surface area (Å²) >= 11 is 0. The van der Waals surface area contributed by atoms with Crippen LogP contribution in [0.25, 0.3) is 0 Å². The number of Topliss-reactive ketones (excluding diaryl/α,β-unsaturated/α-hetero) is 1. The Kier molecular flexibility index (Phi) is 4.25. The van der Waals surface area contributed by atoms with Crippen molar-refractivity contribution in [2.45, 2.75) is 50.0 Å². The predicted molar refractivity (Wildman–Crippen MR) is 99.5 cm³/mol. The number of hydrogen-bond acceptors (Lipinski definition) is 7. The monoisotopic (exact) mass is 400 g/mol. The van der Waals surface area contributed by atoms with Gasteiger partial charge in [0.15, 0.2) is 6.29 Å². The highest BCUT2D eigenvalue weighted by molar-refractivity contribution is 6.28. The topological polar surface area (TPSA) is 98.8 Å². The number of aldehydes is 1. The zero-order valence-corrected chi connectivity index (χ0v) is 15.7. The minimum atomic E-state index is -1.02. The molecule has 29 heavy (non-hydrogen) atoms. The van der Waals surface area contributed by atoms with Gasteiger partial charge in [-0.1, -0.05) is 6.07 Å². The molecule has 152 valence electrons. The number of fused-ring (bicyclic) bond motifs is 3. The first-order valence-electron chi connectivity index (χ1n) is 9.87. The van der Waals surface area contributed by atoms with Crippen molar-refractivity contribution in [1.82, 2.24) is 15.5 Å². The molecule has 4 saturated heterocycles. The van der Waals surface area contributed by atoms with Gasteiger partial charge in [0, 0.05) is 43.7 Å². The molecule has 1 aromatic carbocycles. The summed E-state index contributed by atoms with van der Waals surface area (Å²) in [6, 6.07) is 1.84. The summed E-state index contributed by atoms with van der Waals surface area (Å²) < 4.78 is 15.0. The zero-order valence-electron chi connectivity index (χ0n) is 15.7. The van der Waals surface area contributed by atoms with Crippen LogP contribution < -0.4 is 15.5 Å². The van der Waals surface area contributed by atoms with E-state index in [1.54, 1.807) is 11.0 Å². The lowest BCUT2D eigenvalue weighted by atomic mass is 9.89. The van der Waals surface area contributed by atoms with E-state index in [0.717, 1.165) is 12.0 Å². The van der Waals surface area contributed by atoms with E-state index in [1.165, 1.54) is 6.07 Å². The summed E-state index contributed by atoms with van der Waals surface area (Å²) in [4.78, 5) is 51.7. The average molecular weight is 400 g/mol. The van der Waals surface area contributed by atoms with Crippen LogP contribution in [0.4, 0.5) is 10.1 Å². The fraction of sp³-hybridized carbons (Fsp3) is 0.500. The molecule has 0 aliphatic carbocycles. The number of ketones is 1. The highest BCUT2D eigenvalue weighted by atomic mass is 19.1. The molecule has 2 N–H and O–H groups in total. The Morgan fingerprint density at radius 1 is 1.21 bits per heavy atom. The highest BCUT2D eigenvalue weighted by Gasteiger charge is 2.47. The number of carbonyl (C=O) groups is 4. The predicted octanol–water partition coefficient (Wildman–Crippen LogP) is -0.194. The molecule has 4 atom stereocenters. The largest absolute Gasteiger partial charge is 0.366 e. The van der Waals surface area contributed by atoms with Gasteiger partial charge >= 0.3 is 0 Å². The third kappa shape index (κ3) is 2.87. The number of anilines is 1. The van der Waals surface area contributed by atoms with Crippen molar-refractivity contribution in [3.05, 3.63) is 29.1 Å². The van der Waals surface area contributed by atoms with Crippen LogP contribution in [0, 0.1) is 5.82 Å². The summed E-state index contributed by atoms with van der Waals surface area (Å²) in [6.07, 6.45) is 1.71. The molecule has 6 rings (SSSR count). The molecule has 0 saturated carbocycles. The first-order valence-corrected chi connectivity index (χ1v) is 9.87. The number of nitrogens with zero attached hydrogens (tertiary/aromatic N) is 2. The van der Waals surface area contributed by atoms with Crippen LogP contribution in [-0.2, 0) is 25.7 Å². The van der Waals surface area contributed by atoms with Crippen molar-refractivity contribution < 1.29 is 23.6 Å². The van der Waals surface area contributed by atoms with E-state index in [4.69, 9.17) is 0 Å². The van der Waals surface area contributed by atoms with E-state index in [2.05, 4.69) is 10.6 Å². The molecular formula is C20H21FN4O4. The number of hydrogen-bond donors (Lipinski definition) is 2. The zero-order chi connectivity index (χ0) is 20.3. The number of halogens is 1. The molecule has 0 aromatic heterocycles. The van der Waals surface area contributed by atoms with Gasteiger partial charge in [-0.15, -0.1) is 0 Å². The standard InChI is InChI=1S/C20H21FN4O4/c21-13-2-1-10-6-25(14-3-4-16(28)23-20(14)29)19(15(27)9-26)17(10)18(13)24-7-11-5-12(8-24)22-11/h1-2,9,11-12,14,19,22H,3-8H2,(H,23,28,29). The summed E-state index contributed by atoms with van der Waals surface area (Å²) in [7, 11) is 0. The Hall–Kier alpha value is -2.65. The molecule has 4 unspecified atom stereocenters. The second-order valence-corrected chi connectivity index (χ2v) is 8.23. The van der Waals surface area contributed by atoms with E-state index in [9.17, 15) is 19.2 Å². The van der Waals surface area contributed by atoms with Crippen molar-refractivity contribution in [3.8, 4) is 0 Å². The lowest BCUT2D eigenvalue weighted by Gasteiger charge is -2.49. The maximum Gasteiger partial charge on any atom is 0.243 e. The minimum absolute atomic E-state index is 0.160. The maximum atomic E-state index is 15.0. The van der Waals surface area contributed by atoms with E-state index in [0.29, 0.717) is 24.3 Å². The number of amides is 2. The lowest BCUT2D eigenvalue weighted by Crippen LogP contribution is -2.67. The molecule has 5 aliphatic heterocycles. The van der Waals surface area contributed by atoms with Gasteiger partial charge in [0.1, 0.15) is 11.9 Å². The molecule has 0 radical (unpaired) electrons. The van der Waals surface area contributed by atoms with Crippen LogP contribution in [0.2, 0.25) is 0 Å². The average Bonchev–Trinajstić information content (AvgIpc) is 3.05. The summed E-state index contributed by atoms with van der Waals surface area (Å²) in [5.74, 6) is -1.98. The molecule has 2 bridgehead atoms. The number of nitrogens with one attached hydrogen (secondary N) is 2. The molecular weight excluding hydrogens is 379 g/mol. The number of rotatable bonds is 4. The Bertz CT molecular complexity index is 919. The third-order valence-corrected chi connectivity index (χ3v) is 6.45. The first kappa shape index (κ1) is 18.4. The lowest BCUT2D eigenvalue weighted by molar-refractivity contribution is -0.141. The van der Waals surface area contributed by atoms with E-state index in [-0.39, 0.29) is 43.7 Å². The Labute approximate surface area is 166 Å². The number of benzene rings is 1. The Morgan fingerprint density at radius 2 is 1.93 bits per heavy atom. The number of imide groups is 1. The highest BCUT2D eigenvalue weighted by Crippen LogP contribution is 2.44. The van der Waals surface area contributed by atoms with E-state index < -0.39 is 29.6 Å². The van der Waals surface area contributed by atoms with Crippen LogP contribution in [0.5, 0.6) is 0 Å². The summed E-state index contributed by atoms with van der Waals surface area (Å²) in [6.45, 7) is 1.51. The molecule has 5 aliphatic rings. The Morgan fingerprint density at radius 3 is 2.59 bits per heavy atom. The van der Waals surface area contributed by atoms with Gasteiger partial charge in [-0.25, -0.2) is 4.39 Å². The van der Waals surface area contributed by atoms with Gasteiger partial charge in [0.2, 0.25) is 17.6 Å². The van der Waals surface area contributed by atoms with Gasteiger partial charge in [-0.2, -0.15) is 0 Å². The maximum absolute atomic E-state index is 15.0. The third-order valence-electron chi connectivity index (χ3n) is 6.45. The summed E-state index contributed by atoms with van der Waals surface area (Å²) in [5.41, 5.74) is 1.57. The van der Waals surface area contributed by atoms with Gasteiger partial charge in [0.05, 0.1) is 11.7 Å². The van der Waals surface area contributed by atoms with Crippen LogP contribution in [0.3, 0.4) is 0 Å². The second kappa shape index (κ2) is 6.70. The molecule has 5 heterocycles.